The normalized spacial score (nSPS) is 19.8. The number of hydroxylamine groups is 1. The largest absolute Gasteiger partial charge is 0.490 e. The molecule has 0 radical (unpaired) electrons. The van der Waals surface area contributed by atoms with Crippen molar-refractivity contribution in [2.24, 2.45) is 0 Å². The van der Waals surface area contributed by atoms with Crippen molar-refractivity contribution in [1.29, 1.82) is 0 Å². The fourth-order valence-electron chi connectivity index (χ4n) is 1.89. The first kappa shape index (κ1) is 11.8. The third-order valence-corrected chi connectivity index (χ3v) is 3.28. The highest BCUT2D eigenvalue weighted by Gasteiger charge is 2.24. The molecular formula is C11H13BrFNO2. The summed E-state index contributed by atoms with van der Waals surface area (Å²) in [5, 5.41) is 0. The van der Waals surface area contributed by atoms with Gasteiger partial charge in [0.2, 0.25) is 0 Å². The summed E-state index contributed by atoms with van der Waals surface area (Å²) in [6, 6.07) is 3.04. The Labute approximate surface area is 102 Å². The molecule has 0 spiro atoms. The molecule has 0 fully saturated rings. The van der Waals surface area contributed by atoms with Crippen LogP contribution in [-0.4, -0.2) is 13.7 Å². The van der Waals surface area contributed by atoms with Gasteiger partial charge < -0.3 is 9.57 Å². The van der Waals surface area contributed by atoms with Gasteiger partial charge in [-0.1, -0.05) is 15.9 Å². The predicted molar refractivity (Wildman–Crippen MR) is 61.7 cm³/mol. The number of hydrogen-bond acceptors (Lipinski definition) is 3. The van der Waals surface area contributed by atoms with Crippen LogP contribution in [0.1, 0.15) is 24.4 Å². The zero-order chi connectivity index (χ0) is 11.5. The molecule has 0 aliphatic carbocycles. The summed E-state index contributed by atoms with van der Waals surface area (Å²) in [6.45, 7) is 0.530. The number of nitrogens with one attached hydrogen (secondary N) is 1. The van der Waals surface area contributed by atoms with E-state index in [2.05, 4.69) is 21.4 Å². The zero-order valence-corrected chi connectivity index (χ0v) is 10.5. The van der Waals surface area contributed by atoms with Crippen molar-refractivity contribution in [3.63, 3.8) is 0 Å². The predicted octanol–water partition coefficient (Wildman–Crippen LogP) is 2.95. The van der Waals surface area contributed by atoms with Gasteiger partial charge >= 0.3 is 0 Å². The molecule has 1 aliphatic heterocycles. The SMILES string of the molecule is CONC1CCCOc2c(F)ccc(Br)c21. The Morgan fingerprint density at radius 1 is 1.56 bits per heavy atom. The number of rotatable bonds is 2. The second kappa shape index (κ2) is 5.12. The molecule has 1 aromatic rings. The van der Waals surface area contributed by atoms with Crippen molar-refractivity contribution in [2.45, 2.75) is 18.9 Å². The Hall–Kier alpha value is -0.650. The average Bonchev–Trinajstić information content (AvgIpc) is 2.48. The van der Waals surface area contributed by atoms with Crippen LogP contribution in [0, 0.1) is 5.82 Å². The maximum absolute atomic E-state index is 13.6. The lowest BCUT2D eigenvalue weighted by molar-refractivity contribution is 0.0577. The van der Waals surface area contributed by atoms with Crippen LogP contribution in [0.2, 0.25) is 0 Å². The lowest BCUT2D eigenvalue weighted by Gasteiger charge is -2.18. The Bertz CT molecular complexity index is 386. The third-order valence-electron chi connectivity index (χ3n) is 2.59. The van der Waals surface area contributed by atoms with Gasteiger partial charge in [-0.2, -0.15) is 5.48 Å². The van der Waals surface area contributed by atoms with Gasteiger partial charge in [-0.25, -0.2) is 4.39 Å². The van der Waals surface area contributed by atoms with Gasteiger partial charge in [-0.15, -0.1) is 0 Å². The van der Waals surface area contributed by atoms with E-state index in [-0.39, 0.29) is 11.9 Å². The summed E-state index contributed by atoms with van der Waals surface area (Å²) < 4.78 is 19.9. The lowest BCUT2D eigenvalue weighted by atomic mass is 10.0. The molecule has 1 N–H and O–H groups in total. The second-order valence-corrected chi connectivity index (χ2v) is 4.49. The van der Waals surface area contributed by atoms with Crippen molar-refractivity contribution < 1.29 is 14.0 Å². The van der Waals surface area contributed by atoms with E-state index in [1.807, 2.05) is 0 Å². The highest BCUT2D eigenvalue weighted by atomic mass is 79.9. The van der Waals surface area contributed by atoms with Crippen molar-refractivity contribution in [2.75, 3.05) is 13.7 Å². The van der Waals surface area contributed by atoms with Crippen molar-refractivity contribution in [1.82, 2.24) is 5.48 Å². The summed E-state index contributed by atoms with van der Waals surface area (Å²) in [4.78, 5) is 4.94. The molecule has 0 amide bonds. The second-order valence-electron chi connectivity index (χ2n) is 3.64. The first-order valence-electron chi connectivity index (χ1n) is 5.13. The van der Waals surface area contributed by atoms with Crippen LogP contribution in [0.15, 0.2) is 16.6 Å². The maximum Gasteiger partial charge on any atom is 0.165 e. The van der Waals surface area contributed by atoms with Gasteiger partial charge in [0.05, 0.1) is 19.8 Å². The smallest absolute Gasteiger partial charge is 0.165 e. The molecule has 0 saturated carbocycles. The van der Waals surface area contributed by atoms with Gasteiger partial charge in [0.25, 0.3) is 0 Å². The van der Waals surface area contributed by atoms with Crippen LogP contribution in [0.3, 0.4) is 0 Å². The molecule has 0 saturated heterocycles. The number of hydrogen-bond donors (Lipinski definition) is 1. The van der Waals surface area contributed by atoms with Crippen molar-refractivity contribution in [3.05, 3.63) is 28.0 Å². The van der Waals surface area contributed by atoms with E-state index in [0.717, 1.165) is 22.9 Å². The molecule has 1 aliphatic rings. The molecule has 1 heterocycles. The Morgan fingerprint density at radius 3 is 3.12 bits per heavy atom. The van der Waals surface area contributed by atoms with E-state index in [0.29, 0.717) is 12.4 Å². The van der Waals surface area contributed by atoms with Gasteiger partial charge in [0, 0.05) is 10.0 Å². The van der Waals surface area contributed by atoms with Gasteiger partial charge in [0.1, 0.15) is 0 Å². The average molecular weight is 290 g/mol. The van der Waals surface area contributed by atoms with Crippen LogP contribution >= 0.6 is 15.9 Å². The van der Waals surface area contributed by atoms with E-state index in [1.165, 1.54) is 6.07 Å². The Kier molecular flexibility index (Phi) is 3.78. The molecule has 3 nitrogen and oxygen atoms in total. The topological polar surface area (TPSA) is 30.5 Å². The highest BCUT2D eigenvalue weighted by molar-refractivity contribution is 9.10. The van der Waals surface area contributed by atoms with Gasteiger partial charge in [-0.05, 0) is 25.0 Å². The number of ether oxygens (including phenoxy) is 1. The van der Waals surface area contributed by atoms with Crippen molar-refractivity contribution in [3.8, 4) is 5.75 Å². The molecule has 1 aromatic carbocycles. The summed E-state index contributed by atoms with van der Waals surface area (Å²) in [5.41, 5.74) is 3.66. The first-order valence-corrected chi connectivity index (χ1v) is 5.92. The molecule has 16 heavy (non-hydrogen) atoms. The highest BCUT2D eigenvalue weighted by Crippen LogP contribution is 2.38. The molecule has 1 unspecified atom stereocenters. The first-order chi connectivity index (χ1) is 7.74. The molecule has 2 rings (SSSR count). The standard InChI is InChI=1S/C11H13BrFNO2/c1-15-14-9-3-2-6-16-11-8(13)5-4-7(12)10(9)11/h4-5,9,14H,2-3,6H2,1H3. The summed E-state index contributed by atoms with van der Waals surface area (Å²) in [7, 11) is 1.55. The van der Waals surface area contributed by atoms with E-state index < -0.39 is 0 Å². The maximum atomic E-state index is 13.6. The van der Waals surface area contributed by atoms with E-state index >= 15 is 0 Å². The molecule has 5 heteroatoms. The number of benzene rings is 1. The van der Waals surface area contributed by atoms with Gasteiger partial charge in [-0.3, -0.25) is 0 Å². The molecule has 0 aromatic heterocycles. The Morgan fingerprint density at radius 2 is 2.38 bits per heavy atom. The van der Waals surface area contributed by atoms with Crippen LogP contribution in [0.5, 0.6) is 5.75 Å². The monoisotopic (exact) mass is 289 g/mol. The fraction of sp³-hybridized carbons (Fsp3) is 0.455. The summed E-state index contributed by atoms with van der Waals surface area (Å²) in [5.74, 6) is -0.00979. The minimum Gasteiger partial charge on any atom is -0.490 e. The number of fused-ring (bicyclic) bond motifs is 1. The van der Waals surface area contributed by atoms with Crippen molar-refractivity contribution >= 4 is 15.9 Å². The molecular weight excluding hydrogens is 277 g/mol. The summed E-state index contributed by atoms with van der Waals surface area (Å²) >= 11 is 3.42. The van der Waals surface area contributed by atoms with Crippen LogP contribution < -0.4 is 10.2 Å². The molecule has 88 valence electrons. The van der Waals surface area contributed by atoms with Crippen LogP contribution in [0.25, 0.3) is 0 Å². The fourth-order valence-corrected chi connectivity index (χ4v) is 2.47. The Balaban J connectivity index is 2.46. The molecule has 1 atom stereocenters. The quantitative estimate of drug-likeness (QED) is 0.849. The minimum absolute atomic E-state index is 0.0485. The zero-order valence-electron chi connectivity index (χ0n) is 8.93. The lowest BCUT2D eigenvalue weighted by Crippen LogP contribution is -2.20. The van der Waals surface area contributed by atoms with E-state index in [1.54, 1.807) is 13.2 Å². The van der Waals surface area contributed by atoms with Crippen LogP contribution in [0.4, 0.5) is 4.39 Å². The van der Waals surface area contributed by atoms with Gasteiger partial charge in [0.15, 0.2) is 11.6 Å². The van der Waals surface area contributed by atoms with Crippen LogP contribution in [-0.2, 0) is 4.84 Å². The van der Waals surface area contributed by atoms with E-state index in [4.69, 9.17) is 9.57 Å². The molecule has 0 bridgehead atoms. The third kappa shape index (κ3) is 2.21. The summed E-state index contributed by atoms with van der Waals surface area (Å²) in [6.07, 6.45) is 1.71. The van der Waals surface area contributed by atoms with E-state index in [9.17, 15) is 4.39 Å². The number of halogens is 2. The minimum atomic E-state index is -0.331.